The molecule has 3 aromatic rings. The molecule has 0 spiro atoms. The summed E-state index contributed by atoms with van der Waals surface area (Å²) in [7, 11) is 0. The second kappa shape index (κ2) is 7.46. The molecule has 2 aromatic carbocycles. The van der Waals surface area contributed by atoms with Gasteiger partial charge >= 0.3 is 0 Å². The molecule has 0 fully saturated rings. The Morgan fingerprint density at radius 2 is 1.54 bits per heavy atom. The number of benzene rings is 2. The van der Waals surface area contributed by atoms with Crippen molar-refractivity contribution in [1.82, 2.24) is 9.36 Å². The minimum absolute atomic E-state index is 0.211. The Kier molecular flexibility index (Phi) is 4.86. The molecule has 6 heteroatoms. The highest BCUT2D eigenvalue weighted by molar-refractivity contribution is 5.94. The maximum Gasteiger partial charge on any atom is 0.279 e. The van der Waals surface area contributed by atoms with E-state index in [0.717, 1.165) is 37.7 Å². The molecule has 1 unspecified atom stereocenters. The fourth-order valence-electron chi connectivity index (χ4n) is 4.12. The van der Waals surface area contributed by atoms with Crippen LogP contribution in [0, 0.1) is 0 Å². The van der Waals surface area contributed by atoms with Gasteiger partial charge in [0.15, 0.2) is 5.84 Å². The Hall–Kier alpha value is -3.15. The van der Waals surface area contributed by atoms with E-state index < -0.39 is 0 Å². The maximum atomic E-state index is 13.2. The number of unbranched alkanes of at least 4 members (excludes halogenated alkanes) is 3. The van der Waals surface area contributed by atoms with E-state index in [1.54, 1.807) is 24.3 Å². The summed E-state index contributed by atoms with van der Waals surface area (Å²) in [5.41, 5.74) is 0.927. The Morgan fingerprint density at radius 3 is 2.21 bits per heavy atom. The second-order valence-electron chi connectivity index (χ2n) is 7.20. The summed E-state index contributed by atoms with van der Waals surface area (Å²) < 4.78 is 2.59. The lowest BCUT2D eigenvalue weighted by Crippen LogP contribution is -2.47. The third-order valence-corrected chi connectivity index (χ3v) is 5.49. The summed E-state index contributed by atoms with van der Waals surface area (Å²) in [6, 6.07) is 14.3. The summed E-state index contributed by atoms with van der Waals surface area (Å²) in [5, 5.41) is 14.0. The van der Waals surface area contributed by atoms with E-state index in [-0.39, 0.29) is 22.9 Å². The van der Waals surface area contributed by atoms with Gasteiger partial charge in [-0.25, -0.2) is 4.68 Å². The van der Waals surface area contributed by atoms with Crippen LogP contribution in [0.15, 0.2) is 63.3 Å². The average Bonchev–Trinajstić information content (AvgIpc) is 2.74. The zero-order valence-corrected chi connectivity index (χ0v) is 15.8. The number of para-hydroxylation sites is 1. The van der Waals surface area contributed by atoms with E-state index in [1.807, 2.05) is 24.3 Å². The van der Waals surface area contributed by atoms with Gasteiger partial charge in [0.05, 0.1) is 16.5 Å². The third kappa shape index (κ3) is 2.76. The fraction of sp³-hybridized carbons (Fsp3) is 0.318. The number of oxime groups is 1. The minimum atomic E-state index is -0.351. The quantitative estimate of drug-likeness (QED) is 0.417. The van der Waals surface area contributed by atoms with Crippen LogP contribution in [0.3, 0.4) is 0 Å². The molecule has 0 saturated heterocycles. The molecule has 0 aliphatic carbocycles. The molecule has 1 atom stereocenters. The molecule has 1 aliphatic rings. The molecular formula is C22H23N3O3. The first-order valence-corrected chi connectivity index (χ1v) is 9.77. The summed E-state index contributed by atoms with van der Waals surface area (Å²) in [6.07, 6.45) is 5.06. The smallest absolute Gasteiger partial charge is 0.279 e. The zero-order valence-electron chi connectivity index (χ0n) is 15.8. The standard InChI is InChI=1S/C22H23N3O3/c1-2-3-4-5-11-16-15-10-8-9-14-19(15)24-21(26)17-12-6-7-13-18(17)22(27)25(24)20(16)23-28/h6-10,12-14,16,28H,2-5,11H2,1H3/b23-20+. The van der Waals surface area contributed by atoms with E-state index in [0.29, 0.717) is 16.5 Å². The van der Waals surface area contributed by atoms with Crippen LogP contribution in [0.4, 0.5) is 0 Å². The molecule has 1 aliphatic heterocycles. The maximum absolute atomic E-state index is 13.2. The van der Waals surface area contributed by atoms with Gasteiger partial charge in [-0.15, -0.1) is 0 Å². The van der Waals surface area contributed by atoms with E-state index in [4.69, 9.17) is 0 Å². The zero-order chi connectivity index (χ0) is 19.7. The highest BCUT2D eigenvalue weighted by Gasteiger charge is 2.33. The van der Waals surface area contributed by atoms with E-state index >= 15 is 0 Å². The van der Waals surface area contributed by atoms with Gasteiger partial charge in [-0.05, 0) is 30.2 Å². The van der Waals surface area contributed by atoms with Gasteiger partial charge in [0.2, 0.25) is 0 Å². The topological polar surface area (TPSA) is 76.6 Å². The van der Waals surface area contributed by atoms with Crippen molar-refractivity contribution in [3.63, 3.8) is 0 Å². The SMILES string of the molecule is CCCCCCC1/C(=N\O)n2c(=O)c3ccccc3c(=O)n2-c2ccccc21. The average molecular weight is 377 g/mol. The molecular weight excluding hydrogens is 354 g/mol. The largest absolute Gasteiger partial charge is 0.409 e. The summed E-state index contributed by atoms with van der Waals surface area (Å²) >= 11 is 0. The lowest BCUT2D eigenvalue weighted by atomic mass is 9.89. The molecule has 4 rings (SSSR count). The van der Waals surface area contributed by atoms with Gasteiger partial charge < -0.3 is 5.21 Å². The van der Waals surface area contributed by atoms with Gasteiger partial charge in [-0.1, -0.05) is 68.1 Å². The van der Waals surface area contributed by atoms with Crippen LogP contribution in [0.2, 0.25) is 0 Å². The summed E-state index contributed by atoms with van der Waals surface area (Å²) in [5.74, 6) is -0.0284. The first-order chi connectivity index (χ1) is 13.7. The van der Waals surface area contributed by atoms with Gasteiger partial charge in [0, 0.05) is 5.92 Å². The van der Waals surface area contributed by atoms with Crippen molar-refractivity contribution in [3.05, 3.63) is 74.8 Å². The molecule has 1 aromatic heterocycles. The van der Waals surface area contributed by atoms with Crippen molar-refractivity contribution in [3.8, 4) is 5.69 Å². The highest BCUT2D eigenvalue weighted by Crippen LogP contribution is 2.33. The number of aromatic nitrogens is 2. The molecule has 28 heavy (non-hydrogen) atoms. The van der Waals surface area contributed by atoms with E-state index in [9.17, 15) is 14.8 Å². The lowest BCUT2D eigenvalue weighted by molar-refractivity contribution is 0.310. The van der Waals surface area contributed by atoms with Crippen LogP contribution in [0.1, 0.15) is 50.5 Å². The molecule has 6 nitrogen and oxygen atoms in total. The number of hydrogen-bond acceptors (Lipinski definition) is 4. The number of fused-ring (bicyclic) bond motifs is 4. The van der Waals surface area contributed by atoms with Gasteiger partial charge in [-0.3, -0.25) is 9.59 Å². The molecule has 2 heterocycles. The number of nitrogens with zero attached hydrogens (tertiary/aromatic N) is 3. The van der Waals surface area contributed by atoms with Crippen LogP contribution in [0.5, 0.6) is 0 Å². The molecule has 0 bridgehead atoms. The molecule has 0 amide bonds. The number of hydrogen-bond donors (Lipinski definition) is 1. The van der Waals surface area contributed by atoms with Gasteiger partial charge in [0.1, 0.15) is 0 Å². The second-order valence-corrected chi connectivity index (χ2v) is 7.20. The Balaban J connectivity index is 1.98. The monoisotopic (exact) mass is 377 g/mol. The first-order valence-electron chi connectivity index (χ1n) is 9.77. The predicted molar refractivity (Wildman–Crippen MR) is 110 cm³/mol. The summed E-state index contributed by atoms with van der Waals surface area (Å²) in [4.78, 5) is 26.5. The van der Waals surface area contributed by atoms with Gasteiger partial charge in [-0.2, -0.15) is 4.68 Å². The molecule has 0 radical (unpaired) electrons. The van der Waals surface area contributed by atoms with Gasteiger partial charge in [0.25, 0.3) is 11.1 Å². The predicted octanol–water partition coefficient (Wildman–Crippen LogP) is 3.86. The molecule has 0 saturated carbocycles. The van der Waals surface area contributed by atoms with Crippen molar-refractivity contribution < 1.29 is 5.21 Å². The minimum Gasteiger partial charge on any atom is -0.409 e. The van der Waals surface area contributed by atoms with Crippen molar-refractivity contribution in [2.45, 2.75) is 44.9 Å². The normalized spacial score (nSPS) is 16.9. The Morgan fingerprint density at radius 1 is 0.893 bits per heavy atom. The number of rotatable bonds is 5. The Labute approximate surface area is 162 Å². The Bertz CT molecular complexity index is 1170. The van der Waals surface area contributed by atoms with Crippen molar-refractivity contribution >= 4 is 16.6 Å². The van der Waals surface area contributed by atoms with Crippen LogP contribution >= 0.6 is 0 Å². The highest BCUT2D eigenvalue weighted by atomic mass is 16.4. The van der Waals surface area contributed by atoms with Crippen LogP contribution < -0.4 is 11.1 Å². The lowest BCUT2D eigenvalue weighted by Gasteiger charge is -2.30. The van der Waals surface area contributed by atoms with E-state index in [1.165, 1.54) is 9.36 Å². The fourth-order valence-corrected chi connectivity index (χ4v) is 4.12. The van der Waals surface area contributed by atoms with Crippen LogP contribution in [0.25, 0.3) is 16.5 Å². The molecule has 1 N–H and O–H groups in total. The van der Waals surface area contributed by atoms with Crippen molar-refractivity contribution in [1.29, 1.82) is 0 Å². The molecule has 144 valence electrons. The van der Waals surface area contributed by atoms with E-state index in [2.05, 4.69) is 12.1 Å². The summed E-state index contributed by atoms with van der Waals surface area (Å²) in [6.45, 7) is 2.16. The van der Waals surface area contributed by atoms with Crippen LogP contribution in [-0.2, 0) is 0 Å². The van der Waals surface area contributed by atoms with Crippen molar-refractivity contribution in [2.75, 3.05) is 0 Å². The first kappa shape index (κ1) is 18.2. The third-order valence-electron chi connectivity index (χ3n) is 5.49. The van der Waals surface area contributed by atoms with Crippen molar-refractivity contribution in [2.24, 2.45) is 5.16 Å². The van der Waals surface area contributed by atoms with Crippen LogP contribution in [-0.4, -0.2) is 20.4 Å².